The summed E-state index contributed by atoms with van der Waals surface area (Å²) in [6, 6.07) is 19.9. The lowest BCUT2D eigenvalue weighted by atomic mass is 10.1. The van der Waals surface area contributed by atoms with Crippen molar-refractivity contribution >= 4 is 0 Å². The van der Waals surface area contributed by atoms with E-state index in [4.69, 9.17) is 4.42 Å². The molecule has 0 bridgehead atoms. The Balaban J connectivity index is 2.13. The van der Waals surface area contributed by atoms with Gasteiger partial charge in [-0.25, -0.2) is 4.98 Å². The third kappa shape index (κ3) is 1.85. The van der Waals surface area contributed by atoms with E-state index in [2.05, 4.69) is 11.4 Å². The van der Waals surface area contributed by atoms with Gasteiger partial charge in [-0.3, -0.25) is 0 Å². The maximum absolute atomic E-state index is 5.37. The van der Waals surface area contributed by atoms with Crippen molar-refractivity contribution in [3.63, 3.8) is 0 Å². The normalized spacial score (nSPS) is 10.4. The Morgan fingerprint density at radius 2 is 1.35 bits per heavy atom. The fourth-order valence-electron chi connectivity index (χ4n) is 1.79. The first-order chi connectivity index (χ1) is 8.45. The molecule has 0 spiro atoms. The van der Waals surface area contributed by atoms with E-state index in [0.717, 1.165) is 22.6 Å². The molecule has 0 saturated carbocycles. The zero-order chi connectivity index (χ0) is 11.5. The summed E-state index contributed by atoms with van der Waals surface area (Å²) in [6.07, 6.45) is 2.57. The van der Waals surface area contributed by atoms with Crippen LogP contribution < -0.4 is 0 Å². The van der Waals surface area contributed by atoms with Crippen LogP contribution in [0.4, 0.5) is 0 Å². The maximum Gasteiger partial charge on any atom is 0.284 e. The lowest BCUT2D eigenvalue weighted by Gasteiger charge is -2.00. The molecule has 2 heteroatoms. The van der Waals surface area contributed by atoms with Crippen LogP contribution in [0, 0.1) is 6.39 Å². The van der Waals surface area contributed by atoms with E-state index in [0.29, 0.717) is 0 Å². The first-order valence-electron chi connectivity index (χ1n) is 5.43. The van der Waals surface area contributed by atoms with Gasteiger partial charge in [-0.1, -0.05) is 60.7 Å². The van der Waals surface area contributed by atoms with Crippen molar-refractivity contribution in [1.29, 1.82) is 0 Å². The number of hydrogen-bond acceptors (Lipinski definition) is 2. The summed E-state index contributed by atoms with van der Waals surface area (Å²) >= 11 is 0. The van der Waals surface area contributed by atoms with Gasteiger partial charge in [0.2, 0.25) is 0 Å². The highest BCUT2D eigenvalue weighted by Gasteiger charge is 2.12. The summed E-state index contributed by atoms with van der Waals surface area (Å²) < 4.78 is 5.37. The minimum atomic E-state index is 0.761. The molecule has 81 valence electrons. The zero-order valence-electron chi connectivity index (χ0n) is 9.13. The van der Waals surface area contributed by atoms with Crippen LogP contribution >= 0.6 is 0 Å². The average molecular weight is 220 g/mol. The van der Waals surface area contributed by atoms with E-state index in [9.17, 15) is 0 Å². The van der Waals surface area contributed by atoms with Crippen LogP contribution in [0.5, 0.6) is 0 Å². The van der Waals surface area contributed by atoms with Gasteiger partial charge in [-0.05, 0) is 0 Å². The van der Waals surface area contributed by atoms with Crippen LogP contribution in [0.2, 0.25) is 0 Å². The monoisotopic (exact) mass is 220 g/mol. The Kier molecular flexibility index (Phi) is 2.47. The summed E-state index contributed by atoms with van der Waals surface area (Å²) in [5.74, 6) is 0.761. The molecular weight excluding hydrogens is 210 g/mol. The fraction of sp³-hybridized carbons (Fsp3) is 0. The molecule has 3 rings (SSSR count). The molecule has 2 aromatic carbocycles. The predicted molar refractivity (Wildman–Crippen MR) is 66.2 cm³/mol. The standard InChI is InChI=1S/C15H10NO/c1-3-7-12(8-4-1)14-15(17-11-16-14)13-9-5-2-6-10-13/h1-10H. The molecule has 0 aliphatic carbocycles. The highest BCUT2D eigenvalue weighted by atomic mass is 16.3. The average Bonchev–Trinajstić information content (AvgIpc) is 2.90. The summed E-state index contributed by atoms with van der Waals surface area (Å²) in [7, 11) is 0. The van der Waals surface area contributed by atoms with Crippen LogP contribution in [0.15, 0.2) is 65.1 Å². The number of aromatic nitrogens is 1. The zero-order valence-corrected chi connectivity index (χ0v) is 9.13. The van der Waals surface area contributed by atoms with Gasteiger partial charge in [-0.2, -0.15) is 0 Å². The minimum Gasteiger partial charge on any atom is -0.432 e. The molecule has 0 unspecified atom stereocenters. The highest BCUT2D eigenvalue weighted by Crippen LogP contribution is 2.30. The number of benzene rings is 2. The number of nitrogens with zero attached hydrogens (tertiary/aromatic N) is 1. The molecule has 3 aromatic rings. The second-order valence-electron chi connectivity index (χ2n) is 3.71. The molecule has 0 saturated heterocycles. The molecule has 1 radical (unpaired) electrons. The van der Waals surface area contributed by atoms with Crippen molar-refractivity contribution in [2.45, 2.75) is 0 Å². The molecule has 1 aromatic heterocycles. The van der Waals surface area contributed by atoms with Gasteiger partial charge in [0.15, 0.2) is 5.76 Å². The van der Waals surface area contributed by atoms with E-state index in [-0.39, 0.29) is 0 Å². The predicted octanol–water partition coefficient (Wildman–Crippen LogP) is 3.81. The van der Waals surface area contributed by atoms with Gasteiger partial charge in [0.05, 0.1) is 0 Å². The van der Waals surface area contributed by atoms with Crippen LogP contribution in [-0.2, 0) is 0 Å². The molecule has 0 aliphatic heterocycles. The number of rotatable bonds is 2. The number of hydrogen-bond donors (Lipinski definition) is 0. The van der Waals surface area contributed by atoms with Gasteiger partial charge < -0.3 is 4.42 Å². The fourth-order valence-corrected chi connectivity index (χ4v) is 1.79. The molecule has 1 heterocycles. The Morgan fingerprint density at radius 1 is 0.765 bits per heavy atom. The van der Waals surface area contributed by atoms with Crippen LogP contribution in [0.3, 0.4) is 0 Å². The molecule has 0 amide bonds. The maximum atomic E-state index is 5.37. The quantitative estimate of drug-likeness (QED) is 0.656. The summed E-state index contributed by atoms with van der Waals surface area (Å²) in [5.41, 5.74) is 2.88. The van der Waals surface area contributed by atoms with Crippen molar-refractivity contribution in [1.82, 2.24) is 4.98 Å². The Hall–Kier alpha value is -2.35. The summed E-state index contributed by atoms with van der Waals surface area (Å²) in [4.78, 5) is 4.17. The van der Waals surface area contributed by atoms with E-state index < -0.39 is 0 Å². The Bertz CT molecular complexity index is 545. The molecule has 17 heavy (non-hydrogen) atoms. The molecule has 0 fully saturated rings. The third-order valence-electron chi connectivity index (χ3n) is 2.60. The number of oxazole rings is 1. The van der Waals surface area contributed by atoms with Gasteiger partial charge in [0.25, 0.3) is 6.39 Å². The van der Waals surface area contributed by atoms with E-state index in [1.165, 1.54) is 0 Å². The first kappa shape index (κ1) is 9.85. The Morgan fingerprint density at radius 3 is 2.00 bits per heavy atom. The topological polar surface area (TPSA) is 26.0 Å². The minimum absolute atomic E-state index is 0.761. The Labute approximate surface area is 99.6 Å². The lowest BCUT2D eigenvalue weighted by Crippen LogP contribution is -1.81. The third-order valence-corrected chi connectivity index (χ3v) is 2.60. The smallest absolute Gasteiger partial charge is 0.284 e. The first-order valence-corrected chi connectivity index (χ1v) is 5.43. The van der Waals surface area contributed by atoms with E-state index >= 15 is 0 Å². The van der Waals surface area contributed by atoms with Crippen LogP contribution in [-0.4, -0.2) is 4.98 Å². The van der Waals surface area contributed by atoms with Crippen molar-refractivity contribution in [3.8, 4) is 22.6 Å². The molecule has 0 N–H and O–H groups in total. The van der Waals surface area contributed by atoms with E-state index in [1.54, 1.807) is 0 Å². The van der Waals surface area contributed by atoms with Gasteiger partial charge in [-0.15, -0.1) is 0 Å². The van der Waals surface area contributed by atoms with Gasteiger partial charge >= 0.3 is 0 Å². The van der Waals surface area contributed by atoms with Crippen molar-refractivity contribution in [3.05, 3.63) is 67.1 Å². The van der Waals surface area contributed by atoms with Crippen LogP contribution in [0.1, 0.15) is 0 Å². The van der Waals surface area contributed by atoms with E-state index in [1.807, 2.05) is 60.7 Å². The van der Waals surface area contributed by atoms with Gasteiger partial charge in [0.1, 0.15) is 5.69 Å². The van der Waals surface area contributed by atoms with Crippen LogP contribution in [0.25, 0.3) is 22.6 Å². The SMILES string of the molecule is [c]1nc(-c2ccccc2)c(-c2ccccc2)o1. The molecule has 0 aliphatic rings. The molecule has 0 atom stereocenters. The van der Waals surface area contributed by atoms with Crippen molar-refractivity contribution in [2.24, 2.45) is 0 Å². The van der Waals surface area contributed by atoms with Crippen molar-refractivity contribution in [2.75, 3.05) is 0 Å². The lowest BCUT2D eigenvalue weighted by molar-refractivity contribution is 0.562. The summed E-state index contributed by atoms with van der Waals surface area (Å²) in [6.45, 7) is 0. The highest BCUT2D eigenvalue weighted by molar-refractivity contribution is 5.76. The summed E-state index contributed by atoms with van der Waals surface area (Å²) in [5, 5.41) is 0. The van der Waals surface area contributed by atoms with Crippen molar-refractivity contribution < 1.29 is 4.42 Å². The molecule has 2 nitrogen and oxygen atoms in total. The molecular formula is C15H10NO. The second kappa shape index (κ2) is 4.26. The second-order valence-corrected chi connectivity index (χ2v) is 3.71. The van der Waals surface area contributed by atoms with Gasteiger partial charge in [0, 0.05) is 11.1 Å². The largest absolute Gasteiger partial charge is 0.432 e.